The molecule has 0 aliphatic rings. The number of carboxylic acid groups (broad SMARTS) is 1. The summed E-state index contributed by atoms with van der Waals surface area (Å²) in [5.74, 6) is -1.63. The van der Waals surface area contributed by atoms with Gasteiger partial charge >= 0.3 is 5.97 Å². The molecule has 0 amide bonds. The van der Waals surface area contributed by atoms with Crippen LogP contribution in [0.3, 0.4) is 0 Å². The number of carbonyl (C=O) groups is 1. The van der Waals surface area contributed by atoms with Crippen molar-refractivity contribution in [2.45, 2.75) is 12.6 Å². The van der Waals surface area contributed by atoms with E-state index in [1.807, 2.05) is 0 Å². The number of aliphatic hydroxyl groups is 2. The van der Waals surface area contributed by atoms with Crippen LogP contribution in [0.15, 0.2) is 24.3 Å². The average molecular weight is 307 g/mol. The first-order chi connectivity index (χ1) is 10.5. The van der Waals surface area contributed by atoms with E-state index in [-0.39, 0.29) is 23.7 Å². The molecule has 1 aromatic carbocycles. The summed E-state index contributed by atoms with van der Waals surface area (Å²) in [7, 11) is 0. The zero-order valence-corrected chi connectivity index (χ0v) is 11.4. The highest BCUT2D eigenvalue weighted by molar-refractivity contribution is 5.90. The number of nitrogens with zero attached hydrogens (tertiary/aromatic N) is 3. The molecule has 0 aliphatic heterocycles. The molecule has 0 saturated carbocycles. The molecule has 1 aromatic heterocycles. The molecular formula is C14H14FN3O4. The number of aliphatic hydroxyl groups excluding tert-OH is 2. The van der Waals surface area contributed by atoms with E-state index in [1.165, 1.54) is 35.0 Å². The predicted molar refractivity (Wildman–Crippen MR) is 75.4 cm³/mol. The van der Waals surface area contributed by atoms with Gasteiger partial charge in [-0.25, -0.2) is 13.9 Å². The fraction of sp³-hybridized carbons (Fsp3) is 0.214. The van der Waals surface area contributed by atoms with E-state index >= 15 is 0 Å². The Morgan fingerprint density at radius 3 is 2.59 bits per heavy atom. The SMILES string of the molecule is O=C(O)c1nnn(CC(O)CO)c1/C=C/c1ccc(F)cc1. The molecule has 7 nitrogen and oxygen atoms in total. The number of hydrogen-bond acceptors (Lipinski definition) is 5. The highest BCUT2D eigenvalue weighted by Crippen LogP contribution is 2.13. The number of carboxylic acids is 1. The molecule has 2 aromatic rings. The highest BCUT2D eigenvalue weighted by atomic mass is 19.1. The molecule has 0 aliphatic carbocycles. The number of aromatic carboxylic acids is 1. The van der Waals surface area contributed by atoms with E-state index in [4.69, 9.17) is 10.2 Å². The molecule has 0 radical (unpaired) electrons. The number of rotatable bonds is 6. The Morgan fingerprint density at radius 1 is 1.32 bits per heavy atom. The summed E-state index contributed by atoms with van der Waals surface area (Å²) in [6.07, 6.45) is 1.95. The number of aromatic nitrogens is 3. The van der Waals surface area contributed by atoms with Gasteiger partial charge in [-0.2, -0.15) is 0 Å². The van der Waals surface area contributed by atoms with Crippen LogP contribution in [0.5, 0.6) is 0 Å². The zero-order valence-electron chi connectivity index (χ0n) is 11.4. The Balaban J connectivity index is 2.32. The monoisotopic (exact) mass is 307 g/mol. The standard InChI is InChI=1S/C14H14FN3O4/c15-10-4-1-9(2-5-10)3-6-12-13(14(21)22)16-17-18(12)7-11(20)8-19/h1-6,11,19-20H,7-8H2,(H,21,22)/b6-3+. The van der Waals surface area contributed by atoms with Gasteiger partial charge in [-0.15, -0.1) is 5.10 Å². The first-order valence-corrected chi connectivity index (χ1v) is 6.40. The minimum Gasteiger partial charge on any atom is -0.476 e. The third-order valence-electron chi connectivity index (χ3n) is 2.87. The summed E-state index contributed by atoms with van der Waals surface area (Å²) >= 11 is 0. The van der Waals surface area contributed by atoms with Gasteiger partial charge in [-0.05, 0) is 23.8 Å². The maximum absolute atomic E-state index is 12.8. The Kier molecular flexibility index (Phi) is 4.97. The van der Waals surface area contributed by atoms with Gasteiger partial charge in [0, 0.05) is 0 Å². The third-order valence-corrected chi connectivity index (χ3v) is 2.87. The summed E-state index contributed by atoms with van der Waals surface area (Å²) in [6, 6.07) is 5.62. The normalized spacial score (nSPS) is 12.7. The average Bonchev–Trinajstić information content (AvgIpc) is 2.89. The van der Waals surface area contributed by atoms with Crippen molar-refractivity contribution in [3.8, 4) is 0 Å². The van der Waals surface area contributed by atoms with Gasteiger partial charge in [0.1, 0.15) is 5.82 Å². The van der Waals surface area contributed by atoms with E-state index in [2.05, 4.69) is 10.3 Å². The zero-order chi connectivity index (χ0) is 16.1. The molecule has 116 valence electrons. The summed E-state index contributed by atoms with van der Waals surface area (Å²) < 4.78 is 14.0. The van der Waals surface area contributed by atoms with Crippen LogP contribution < -0.4 is 0 Å². The fourth-order valence-electron chi connectivity index (χ4n) is 1.78. The molecule has 1 atom stereocenters. The van der Waals surface area contributed by atoms with Gasteiger partial charge in [-0.3, -0.25) is 0 Å². The molecule has 8 heteroatoms. The van der Waals surface area contributed by atoms with Crippen LogP contribution in [0.4, 0.5) is 4.39 Å². The molecule has 1 unspecified atom stereocenters. The minimum absolute atomic E-state index is 0.0974. The molecule has 0 saturated heterocycles. The molecule has 0 spiro atoms. The van der Waals surface area contributed by atoms with Crippen molar-refractivity contribution in [1.82, 2.24) is 15.0 Å². The van der Waals surface area contributed by atoms with Crippen LogP contribution >= 0.6 is 0 Å². The molecule has 22 heavy (non-hydrogen) atoms. The van der Waals surface area contributed by atoms with Crippen LogP contribution in [-0.2, 0) is 6.54 Å². The number of halogens is 1. The predicted octanol–water partition coefficient (Wildman–Crippen LogP) is 0.639. The van der Waals surface area contributed by atoms with Gasteiger partial charge in [0.15, 0.2) is 5.69 Å². The Morgan fingerprint density at radius 2 is 2.00 bits per heavy atom. The van der Waals surface area contributed by atoms with Crippen molar-refractivity contribution in [1.29, 1.82) is 0 Å². The van der Waals surface area contributed by atoms with Gasteiger partial charge in [0.25, 0.3) is 0 Å². The lowest BCUT2D eigenvalue weighted by molar-refractivity contribution is 0.0689. The van der Waals surface area contributed by atoms with E-state index < -0.39 is 18.7 Å². The van der Waals surface area contributed by atoms with Crippen LogP contribution in [0.25, 0.3) is 12.2 Å². The van der Waals surface area contributed by atoms with Crippen molar-refractivity contribution in [3.63, 3.8) is 0 Å². The Bertz CT molecular complexity index is 682. The quantitative estimate of drug-likeness (QED) is 0.722. The molecule has 0 fully saturated rings. The van der Waals surface area contributed by atoms with E-state index in [0.717, 1.165) is 0 Å². The lowest BCUT2D eigenvalue weighted by atomic mass is 10.2. The largest absolute Gasteiger partial charge is 0.476 e. The summed E-state index contributed by atoms with van der Waals surface area (Å²) in [6.45, 7) is -0.580. The van der Waals surface area contributed by atoms with Crippen LogP contribution in [0.2, 0.25) is 0 Å². The third kappa shape index (κ3) is 3.74. The van der Waals surface area contributed by atoms with Crippen molar-refractivity contribution in [2.24, 2.45) is 0 Å². The lowest BCUT2D eigenvalue weighted by Crippen LogP contribution is -2.21. The van der Waals surface area contributed by atoms with Gasteiger partial charge in [0.2, 0.25) is 0 Å². The smallest absolute Gasteiger partial charge is 0.358 e. The van der Waals surface area contributed by atoms with E-state index in [9.17, 15) is 14.3 Å². The van der Waals surface area contributed by atoms with Crippen molar-refractivity contribution in [3.05, 3.63) is 47.0 Å². The Labute approximate surface area is 124 Å². The van der Waals surface area contributed by atoms with Crippen molar-refractivity contribution < 1.29 is 24.5 Å². The summed E-state index contributed by atoms with van der Waals surface area (Å²) in [4.78, 5) is 11.1. The second-order valence-corrected chi connectivity index (χ2v) is 4.53. The van der Waals surface area contributed by atoms with Crippen LogP contribution in [-0.4, -0.2) is 49.0 Å². The minimum atomic E-state index is -1.26. The maximum atomic E-state index is 12.8. The second kappa shape index (κ2) is 6.92. The van der Waals surface area contributed by atoms with Crippen LogP contribution in [0, 0.1) is 5.82 Å². The topological polar surface area (TPSA) is 108 Å². The van der Waals surface area contributed by atoms with E-state index in [1.54, 1.807) is 6.08 Å². The lowest BCUT2D eigenvalue weighted by Gasteiger charge is -2.08. The highest BCUT2D eigenvalue weighted by Gasteiger charge is 2.18. The molecular weight excluding hydrogens is 293 g/mol. The molecule has 0 bridgehead atoms. The van der Waals surface area contributed by atoms with Crippen molar-refractivity contribution in [2.75, 3.05) is 6.61 Å². The number of hydrogen-bond donors (Lipinski definition) is 3. The second-order valence-electron chi connectivity index (χ2n) is 4.53. The summed E-state index contributed by atoms with van der Waals surface area (Å²) in [5, 5.41) is 34.6. The van der Waals surface area contributed by atoms with Crippen LogP contribution in [0.1, 0.15) is 21.7 Å². The fourth-order valence-corrected chi connectivity index (χ4v) is 1.78. The van der Waals surface area contributed by atoms with Crippen molar-refractivity contribution >= 4 is 18.1 Å². The first-order valence-electron chi connectivity index (χ1n) is 6.40. The summed E-state index contributed by atoms with van der Waals surface area (Å²) in [5.41, 5.74) is 0.557. The number of benzene rings is 1. The van der Waals surface area contributed by atoms with Gasteiger partial charge in [0.05, 0.1) is 24.9 Å². The molecule has 1 heterocycles. The Hall–Kier alpha value is -2.58. The van der Waals surface area contributed by atoms with E-state index in [0.29, 0.717) is 5.56 Å². The maximum Gasteiger partial charge on any atom is 0.358 e. The first kappa shape index (κ1) is 15.8. The molecule has 3 N–H and O–H groups in total. The van der Waals surface area contributed by atoms with Gasteiger partial charge in [-0.1, -0.05) is 23.4 Å². The molecule has 2 rings (SSSR count). The van der Waals surface area contributed by atoms with Gasteiger partial charge < -0.3 is 15.3 Å².